The molecule has 1 aromatic carbocycles. The highest BCUT2D eigenvalue weighted by molar-refractivity contribution is 9.10. The molecule has 0 spiro atoms. The van der Waals surface area contributed by atoms with Crippen LogP contribution in [0.25, 0.3) is 0 Å². The fourth-order valence-electron chi connectivity index (χ4n) is 1.24. The van der Waals surface area contributed by atoms with Gasteiger partial charge < -0.3 is 11.5 Å². The molecule has 0 unspecified atom stereocenters. The summed E-state index contributed by atoms with van der Waals surface area (Å²) in [4.78, 5) is 0. The van der Waals surface area contributed by atoms with Crippen LogP contribution in [0.15, 0.2) is 28.7 Å². The Labute approximate surface area is 87.4 Å². The first-order valence-electron chi connectivity index (χ1n) is 4.45. The van der Waals surface area contributed by atoms with Crippen LogP contribution in [-0.2, 0) is 0 Å². The summed E-state index contributed by atoms with van der Waals surface area (Å²) >= 11 is 3.42. The average molecular weight is 243 g/mol. The van der Waals surface area contributed by atoms with Gasteiger partial charge in [-0.3, -0.25) is 0 Å². The van der Waals surface area contributed by atoms with Crippen LogP contribution in [0, 0.1) is 0 Å². The van der Waals surface area contributed by atoms with Gasteiger partial charge in [0.05, 0.1) is 0 Å². The van der Waals surface area contributed by atoms with E-state index in [2.05, 4.69) is 22.0 Å². The van der Waals surface area contributed by atoms with Gasteiger partial charge in [0.15, 0.2) is 0 Å². The first-order valence-corrected chi connectivity index (χ1v) is 5.24. The number of rotatable bonds is 4. The minimum atomic E-state index is 0.112. The molecule has 1 rings (SSSR count). The molecule has 13 heavy (non-hydrogen) atoms. The molecule has 0 aliphatic carbocycles. The predicted molar refractivity (Wildman–Crippen MR) is 59.4 cm³/mol. The van der Waals surface area contributed by atoms with Crippen molar-refractivity contribution in [1.82, 2.24) is 0 Å². The molecule has 0 saturated carbocycles. The van der Waals surface area contributed by atoms with Crippen molar-refractivity contribution in [2.45, 2.75) is 18.9 Å². The van der Waals surface area contributed by atoms with E-state index in [9.17, 15) is 0 Å². The molecule has 3 heteroatoms. The summed E-state index contributed by atoms with van der Waals surface area (Å²) in [5.41, 5.74) is 12.6. The zero-order chi connectivity index (χ0) is 9.68. The van der Waals surface area contributed by atoms with E-state index in [1.165, 1.54) is 5.56 Å². The van der Waals surface area contributed by atoms with Crippen molar-refractivity contribution in [1.29, 1.82) is 0 Å². The Morgan fingerprint density at radius 1 is 1.38 bits per heavy atom. The van der Waals surface area contributed by atoms with Crippen LogP contribution in [0.3, 0.4) is 0 Å². The lowest BCUT2D eigenvalue weighted by atomic mass is 10.0. The number of hydrogen-bond acceptors (Lipinski definition) is 2. The summed E-state index contributed by atoms with van der Waals surface area (Å²) in [5.74, 6) is 0. The highest BCUT2D eigenvalue weighted by Crippen LogP contribution is 2.19. The van der Waals surface area contributed by atoms with Gasteiger partial charge >= 0.3 is 0 Å². The highest BCUT2D eigenvalue weighted by atomic mass is 79.9. The van der Waals surface area contributed by atoms with Crippen LogP contribution in [0.1, 0.15) is 24.4 Å². The topological polar surface area (TPSA) is 52.0 Å². The maximum atomic E-state index is 5.97. The summed E-state index contributed by atoms with van der Waals surface area (Å²) < 4.78 is 1.08. The molecule has 1 aromatic rings. The summed E-state index contributed by atoms with van der Waals surface area (Å²) in [5, 5.41) is 0. The third-order valence-corrected chi connectivity index (χ3v) is 2.49. The van der Waals surface area contributed by atoms with Gasteiger partial charge in [-0.2, -0.15) is 0 Å². The maximum absolute atomic E-state index is 5.97. The van der Waals surface area contributed by atoms with E-state index in [0.29, 0.717) is 6.54 Å². The summed E-state index contributed by atoms with van der Waals surface area (Å²) in [6.45, 7) is 0.710. The molecule has 0 fully saturated rings. The van der Waals surface area contributed by atoms with Crippen molar-refractivity contribution in [3.05, 3.63) is 34.3 Å². The van der Waals surface area contributed by atoms with E-state index in [1.807, 2.05) is 18.2 Å². The number of halogens is 1. The van der Waals surface area contributed by atoms with Gasteiger partial charge in [-0.25, -0.2) is 0 Å². The van der Waals surface area contributed by atoms with Crippen molar-refractivity contribution in [3.8, 4) is 0 Å². The molecule has 0 aromatic heterocycles. The molecule has 0 saturated heterocycles. The van der Waals surface area contributed by atoms with E-state index in [1.54, 1.807) is 0 Å². The molecule has 0 aliphatic rings. The monoisotopic (exact) mass is 242 g/mol. The Morgan fingerprint density at radius 2 is 2.15 bits per heavy atom. The van der Waals surface area contributed by atoms with E-state index in [0.717, 1.165) is 17.3 Å². The molecular weight excluding hydrogens is 228 g/mol. The molecule has 0 radical (unpaired) electrons. The molecular formula is C10H15BrN2. The summed E-state index contributed by atoms with van der Waals surface area (Å²) in [6, 6.07) is 8.22. The van der Waals surface area contributed by atoms with Crippen LogP contribution >= 0.6 is 15.9 Å². The number of benzene rings is 1. The van der Waals surface area contributed by atoms with Gasteiger partial charge in [-0.05, 0) is 37.1 Å². The maximum Gasteiger partial charge on any atom is 0.0295 e. The van der Waals surface area contributed by atoms with Crippen LogP contribution in [0.5, 0.6) is 0 Å². The Kier molecular flexibility index (Phi) is 4.42. The molecule has 1 atom stereocenters. The van der Waals surface area contributed by atoms with E-state index >= 15 is 0 Å². The Bertz CT molecular complexity index is 263. The molecule has 4 N–H and O–H groups in total. The third kappa shape index (κ3) is 3.46. The van der Waals surface area contributed by atoms with Gasteiger partial charge in [0, 0.05) is 10.5 Å². The number of hydrogen-bond donors (Lipinski definition) is 2. The average Bonchev–Trinajstić information content (AvgIpc) is 2.14. The minimum absolute atomic E-state index is 0.112. The standard InChI is InChI=1S/C10H15BrN2/c11-9-4-1-3-8(7-9)10(13)5-2-6-12/h1,3-4,7,10H,2,5-6,12-13H2/t10-/m0/s1. The van der Waals surface area contributed by atoms with Crippen molar-refractivity contribution in [2.75, 3.05) is 6.54 Å². The van der Waals surface area contributed by atoms with Crippen LogP contribution in [-0.4, -0.2) is 6.54 Å². The lowest BCUT2D eigenvalue weighted by Crippen LogP contribution is -2.12. The zero-order valence-corrected chi connectivity index (χ0v) is 9.13. The van der Waals surface area contributed by atoms with Crippen LogP contribution in [0.4, 0.5) is 0 Å². The minimum Gasteiger partial charge on any atom is -0.330 e. The highest BCUT2D eigenvalue weighted by Gasteiger charge is 2.04. The molecule has 72 valence electrons. The number of nitrogens with two attached hydrogens (primary N) is 2. The first-order chi connectivity index (χ1) is 6.24. The smallest absolute Gasteiger partial charge is 0.0295 e. The second kappa shape index (κ2) is 5.37. The van der Waals surface area contributed by atoms with Crippen molar-refractivity contribution in [2.24, 2.45) is 11.5 Å². The van der Waals surface area contributed by atoms with Gasteiger partial charge in [-0.15, -0.1) is 0 Å². The second-order valence-electron chi connectivity index (χ2n) is 3.09. The largest absolute Gasteiger partial charge is 0.330 e. The Balaban J connectivity index is 2.60. The third-order valence-electron chi connectivity index (χ3n) is 2.00. The molecule has 0 bridgehead atoms. The second-order valence-corrected chi connectivity index (χ2v) is 4.01. The van der Waals surface area contributed by atoms with E-state index < -0.39 is 0 Å². The van der Waals surface area contributed by atoms with Gasteiger partial charge in [0.1, 0.15) is 0 Å². The molecule has 0 heterocycles. The van der Waals surface area contributed by atoms with Crippen molar-refractivity contribution in [3.63, 3.8) is 0 Å². The zero-order valence-electron chi connectivity index (χ0n) is 7.54. The first kappa shape index (κ1) is 10.7. The Morgan fingerprint density at radius 3 is 2.77 bits per heavy atom. The van der Waals surface area contributed by atoms with Crippen LogP contribution < -0.4 is 11.5 Å². The van der Waals surface area contributed by atoms with Crippen molar-refractivity contribution >= 4 is 15.9 Å². The SMILES string of the molecule is NCCC[C@H](N)c1cccc(Br)c1. The van der Waals surface area contributed by atoms with E-state index in [-0.39, 0.29) is 6.04 Å². The summed E-state index contributed by atoms with van der Waals surface area (Å²) in [6.07, 6.45) is 1.93. The lowest BCUT2D eigenvalue weighted by Gasteiger charge is -2.11. The molecule has 0 aliphatic heterocycles. The van der Waals surface area contributed by atoms with Gasteiger partial charge in [0.2, 0.25) is 0 Å². The van der Waals surface area contributed by atoms with Crippen molar-refractivity contribution < 1.29 is 0 Å². The fourth-order valence-corrected chi connectivity index (χ4v) is 1.66. The van der Waals surface area contributed by atoms with Gasteiger partial charge in [0.25, 0.3) is 0 Å². The quantitative estimate of drug-likeness (QED) is 0.851. The van der Waals surface area contributed by atoms with Gasteiger partial charge in [-0.1, -0.05) is 28.1 Å². The normalized spacial score (nSPS) is 12.8. The summed E-state index contributed by atoms with van der Waals surface area (Å²) in [7, 11) is 0. The molecule has 0 amide bonds. The van der Waals surface area contributed by atoms with E-state index in [4.69, 9.17) is 11.5 Å². The molecule has 2 nitrogen and oxygen atoms in total. The van der Waals surface area contributed by atoms with Crippen LogP contribution in [0.2, 0.25) is 0 Å². The predicted octanol–water partition coefficient (Wildman–Crippen LogP) is 2.19. The Hall–Kier alpha value is -0.380. The lowest BCUT2D eigenvalue weighted by molar-refractivity contribution is 0.618. The fraction of sp³-hybridized carbons (Fsp3) is 0.400.